The van der Waals surface area contributed by atoms with E-state index in [1.807, 2.05) is 0 Å². The van der Waals surface area contributed by atoms with Gasteiger partial charge < -0.3 is 5.73 Å². The molecule has 0 aromatic heterocycles. The molecule has 1 fully saturated rings. The van der Waals surface area contributed by atoms with Gasteiger partial charge in [-0.2, -0.15) is 0 Å². The lowest BCUT2D eigenvalue weighted by atomic mass is 9.71. The molecule has 1 saturated carbocycles. The van der Waals surface area contributed by atoms with Crippen molar-refractivity contribution >= 4 is 15.9 Å². The number of rotatable bonds is 1. The van der Waals surface area contributed by atoms with Crippen molar-refractivity contribution in [2.24, 2.45) is 5.73 Å². The number of hydrogen-bond acceptors (Lipinski definition) is 1. The minimum absolute atomic E-state index is 0.0339. The summed E-state index contributed by atoms with van der Waals surface area (Å²) in [7, 11) is 0. The van der Waals surface area contributed by atoms with Gasteiger partial charge in [0.25, 0.3) is 0 Å². The zero-order chi connectivity index (χ0) is 9.47. The molecule has 1 aliphatic carbocycles. The molecule has 1 aromatic rings. The molecule has 2 rings (SSSR count). The molecule has 0 bridgehead atoms. The first-order chi connectivity index (χ1) is 6.12. The highest BCUT2D eigenvalue weighted by molar-refractivity contribution is 9.10. The molecule has 0 amide bonds. The number of halogens is 1. The second-order valence-electron chi connectivity index (χ2n) is 3.97. The highest BCUT2D eigenvalue weighted by Gasteiger charge is 2.35. The average Bonchev–Trinajstić information content (AvgIpc) is 2.05. The van der Waals surface area contributed by atoms with Gasteiger partial charge in [-0.1, -0.05) is 22.0 Å². The third kappa shape index (κ3) is 1.53. The van der Waals surface area contributed by atoms with Crippen molar-refractivity contribution in [3.8, 4) is 0 Å². The van der Waals surface area contributed by atoms with Gasteiger partial charge in [-0.15, -0.1) is 0 Å². The SMILES string of the molecule is Cc1ccc(Br)cc1C1(N)CCC1. The lowest BCUT2D eigenvalue weighted by molar-refractivity contribution is 0.252. The largest absolute Gasteiger partial charge is 0.321 e. The Morgan fingerprint density at radius 3 is 2.62 bits per heavy atom. The molecule has 2 N–H and O–H groups in total. The Morgan fingerprint density at radius 1 is 1.38 bits per heavy atom. The summed E-state index contributed by atoms with van der Waals surface area (Å²) in [5, 5.41) is 0. The van der Waals surface area contributed by atoms with E-state index < -0.39 is 0 Å². The van der Waals surface area contributed by atoms with Crippen LogP contribution >= 0.6 is 15.9 Å². The second kappa shape index (κ2) is 3.10. The van der Waals surface area contributed by atoms with Gasteiger partial charge >= 0.3 is 0 Å². The molecule has 13 heavy (non-hydrogen) atoms. The van der Waals surface area contributed by atoms with Crippen LogP contribution in [0.15, 0.2) is 22.7 Å². The maximum atomic E-state index is 6.27. The van der Waals surface area contributed by atoms with Crippen LogP contribution < -0.4 is 5.73 Å². The van der Waals surface area contributed by atoms with Gasteiger partial charge in [0.2, 0.25) is 0 Å². The molecule has 0 saturated heterocycles. The molecule has 0 radical (unpaired) electrons. The first-order valence-electron chi connectivity index (χ1n) is 4.67. The van der Waals surface area contributed by atoms with Gasteiger partial charge in [0, 0.05) is 10.0 Å². The molecule has 0 heterocycles. The summed E-state index contributed by atoms with van der Waals surface area (Å²) in [4.78, 5) is 0. The molecular formula is C11H14BrN. The summed E-state index contributed by atoms with van der Waals surface area (Å²) < 4.78 is 1.13. The predicted molar refractivity (Wildman–Crippen MR) is 58.6 cm³/mol. The summed E-state index contributed by atoms with van der Waals surface area (Å²) in [5.74, 6) is 0. The smallest absolute Gasteiger partial charge is 0.0412 e. The van der Waals surface area contributed by atoms with Gasteiger partial charge in [-0.25, -0.2) is 0 Å². The van der Waals surface area contributed by atoms with Crippen LogP contribution in [0.25, 0.3) is 0 Å². The Morgan fingerprint density at radius 2 is 2.08 bits per heavy atom. The van der Waals surface area contributed by atoms with E-state index in [4.69, 9.17) is 5.73 Å². The van der Waals surface area contributed by atoms with Gasteiger partial charge in [0.15, 0.2) is 0 Å². The van der Waals surface area contributed by atoms with E-state index in [9.17, 15) is 0 Å². The number of benzene rings is 1. The van der Waals surface area contributed by atoms with Crippen LogP contribution in [0.1, 0.15) is 30.4 Å². The Labute approximate surface area is 87.5 Å². The number of hydrogen-bond donors (Lipinski definition) is 1. The van der Waals surface area contributed by atoms with Crippen LogP contribution in [-0.2, 0) is 5.54 Å². The quantitative estimate of drug-likeness (QED) is 0.801. The summed E-state index contributed by atoms with van der Waals surface area (Å²) in [6.45, 7) is 2.13. The van der Waals surface area contributed by atoms with Crippen molar-refractivity contribution < 1.29 is 0 Å². The van der Waals surface area contributed by atoms with Crippen LogP contribution in [0.2, 0.25) is 0 Å². The molecule has 1 nitrogen and oxygen atoms in total. The Hall–Kier alpha value is -0.340. The highest BCUT2D eigenvalue weighted by atomic mass is 79.9. The summed E-state index contributed by atoms with van der Waals surface area (Å²) in [6, 6.07) is 6.36. The van der Waals surface area contributed by atoms with Crippen LogP contribution in [-0.4, -0.2) is 0 Å². The van der Waals surface area contributed by atoms with Gasteiger partial charge in [0.1, 0.15) is 0 Å². The number of nitrogens with two attached hydrogens (primary N) is 1. The van der Waals surface area contributed by atoms with Gasteiger partial charge in [-0.3, -0.25) is 0 Å². The molecular weight excluding hydrogens is 226 g/mol. The Bertz CT molecular complexity index is 329. The molecule has 1 aliphatic rings. The van der Waals surface area contributed by atoms with E-state index in [1.54, 1.807) is 0 Å². The third-order valence-electron chi connectivity index (χ3n) is 2.98. The van der Waals surface area contributed by atoms with Crippen molar-refractivity contribution in [1.82, 2.24) is 0 Å². The van der Waals surface area contributed by atoms with Crippen LogP contribution in [0.5, 0.6) is 0 Å². The van der Waals surface area contributed by atoms with Crippen molar-refractivity contribution in [1.29, 1.82) is 0 Å². The first kappa shape index (κ1) is 9.22. The Balaban J connectivity index is 2.43. The molecule has 2 heteroatoms. The molecule has 70 valence electrons. The molecule has 1 aromatic carbocycles. The molecule has 0 spiro atoms. The van der Waals surface area contributed by atoms with Crippen molar-refractivity contribution in [3.05, 3.63) is 33.8 Å². The summed E-state index contributed by atoms with van der Waals surface area (Å²) in [6.07, 6.45) is 3.52. The fraction of sp³-hybridized carbons (Fsp3) is 0.455. The zero-order valence-electron chi connectivity index (χ0n) is 7.81. The molecule has 0 unspecified atom stereocenters. The van der Waals surface area contributed by atoms with Crippen LogP contribution in [0.4, 0.5) is 0 Å². The van der Waals surface area contributed by atoms with E-state index in [1.165, 1.54) is 17.5 Å². The van der Waals surface area contributed by atoms with Crippen molar-refractivity contribution in [2.45, 2.75) is 31.7 Å². The predicted octanol–water partition coefficient (Wildman–Crippen LogP) is 3.10. The standard InChI is InChI=1S/C11H14BrN/c1-8-3-4-9(12)7-10(8)11(13)5-2-6-11/h3-4,7H,2,5-6,13H2,1H3. The van der Waals surface area contributed by atoms with E-state index in [0.717, 1.165) is 17.3 Å². The minimum Gasteiger partial charge on any atom is -0.321 e. The highest BCUT2D eigenvalue weighted by Crippen LogP contribution is 2.40. The average molecular weight is 240 g/mol. The van der Waals surface area contributed by atoms with E-state index in [2.05, 4.69) is 41.1 Å². The maximum Gasteiger partial charge on any atom is 0.0412 e. The Kier molecular flexibility index (Phi) is 2.20. The maximum absolute atomic E-state index is 6.27. The molecule has 0 aliphatic heterocycles. The van der Waals surface area contributed by atoms with Crippen molar-refractivity contribution in [2.75, 3.05) is 0 Å². The van der Waals surface area contributed by atoms with E-state index in [0.29, 0.717) is 0 Å². The lowest BCUT2D eigenvalue weighted by Gasteiger charge is -2.39. The molecule has 0 atom stereocenters. The number of aryl methyl sites for hydroxylation is 1. The fourth-order valence-electron chi connectivity index (χ4n) is 1.96. The first-order valence-corrected chi connectivity index (χ1v) is 5.47. The third-order valence-corrected chi connectivity index (χ3v) is 3.48. The second-order valence-corrected chi connectivity index (χ2v) is 4.88. The monoisotopic (exact) mass is 239 g/mol. The topological polar surface area (TPSA) is 26.0 Å². The van der Waals surface area contributed by atoms with E-state index in [-0.39, 0.29) is 5.54 Å². The lowest BCUT2D eigenvalue weighted by Crippen LogP contribution is -2.43. The van der Waals surface area contributed by atoms with Crippen LogP contribution in [0, 0.1) is 6.92 Å². The summed E-state index contributed by atoms with van der Waals surface area (Å²) >= 11 is 3.49. The normalized spacial score (nSPS) is 19.6. The minimum atomic E-state index is -0.0339. The van der Waals surface area contributed by atoms with Crippen molar-refractivity contribution in [3.63, 3.8) is 0 Å². The zero-order valence-corrected chi connectivity index (χ0v) is 9.39. The van der Waals surface area contributed by atoms with Crippen LogP contribution in [0.3, 0.4) is 0 Å². The summed E-state index contributed by atoms with van der Waals surface area (Å²) in [5.41, 5.74) is 8.86. The van der Waals surface area contributed by atoms with Gasteiger partial charge in [-0.05, 0) is 49.4 Å². The van der Waals surface area contributed by atoms with Gasteiger partial charge in [0.05, 0.1) is 0 Å². The fourth-order valence-corrected chi connectivity index (χ4v) is 2.32. The van der Waals surface area contributed by atoms with E-state index >= 15 is 0 Å².